The van der Waals surface area contributed by atoms with Crippen molar-refractivity contribution in [2.75, 3.05) is 26.4 Å². The van der Waals surface area contributed by atoms with Gasteiger partial charge in [-0.2, -0.15) is 0 Å². The number of aliphatic hydroxyl groups excluding tert-OH is 1. The summed E-state index contributed by atoms with van der Waals surface area (Å²) < 4.78 is 10.7. The van der Waals surface area contributed by atoms with E-state index in [4.69, 9.17) is 9.47 Å². The fourth-order valence-corrected chi connectivity index (χ4v) is 2.11. The quantitative estimate of drug-likeness (QED) is 0.536. The molecular weight excluding hydrogens is 242 g/mol. The van der Waals surface area contributed by atoms with Crippen molar-refractivity contribution in [1.82, 2.24) is 5.32 Å². The average Bonchev–Trinajstić information content (AvgIpc) is 2.37. The Bertz CT molecular complexity index is 196. The van der Waals surface area contributed by atoms with Crippen LogP contribution in [0.25, 0.3) is 0 Å². The summed E-state index contributed by atoms with van der Waals surface area (Å²) in [5, 5.41) is 13.2. The second kappa shape index (κ2) is 11.6. The predicted octanol–water partition coefficient (Wildman–Crippen LogP) is 2.20. The maximum Gasteiger partial charge on any atom is 0.0897 e. The van der Waals surface area contributed by atoms with Gasteiger partial charge in [0.05, 0.1) is 32.0 Å². The Labute approximate surface area is 118 Å². The predicted molar refractivity (Wildman–Crippen MR) is 79.5 cm³/mol. The maximum atomic E-state index is 9.81. The zero-order chi connectivity index (χ0) is 14.7. The van der Waals surface area contributed by atoms with E-state index in [1.807, 2.05) is 13.8 Å². The Morgan fingerprint density at radius 3 is 2.21 bits per heavy atom. The van der Waals surface area contributed by atoms with E-state index in [1.54, 1.807) is 0 Å². The van der Waals surface area contributed by atoms with E-state index in [-0.39, 0.29) is 6.10 Å². The Kier molecular flexibility index (Phi) is 11.6. The fourth-order valence-electron chi connectivity index (χ4n) is 2.11. The summed E-state index contributed by atoms with van der Waals surface area (Å²) in [6, 6.07) is 0.439. The molecule has 0 radical (unpaired) electrons. The van der Waals surface area contributed by atoms with Crippen LogP contribution in [0.1, 0.15) is 47.5 Å². The van der Waals surface area contributed by atoms with E-state index in [1.165, 1.54) is 12.8 Å². The third kappa shape index (κ3) is 10.3. The van der Waals surface area contributed by atoms with Gasteiger partial charge < -0.3 is 19.9 Å². The monoisotopic (exact) mass is 275 g/mol. The molecule has 19 heavy (non-hydrogen) atoms. The molecule has 0 spiro atoms. The van der Waals surface area contributed by atoms with Crippen molar-refractivity contribution < 1.29 is 14.6 Å². The van der Waals surface area contributed by atoms with Gasteiger partial charge in [-0.3, -0.25) is 0 Å². The number of rotatable bonds is 12. The third-order valence-corrected chi connectivity index (χ3v) is 3.42. The highest BCUT2D eigenvalue weighted by atomic mass is 16.5. The number of hydrogen-bond acceptors (Lipinski definition) is 4. The van der Waals surface area contributed by atoms with Crippen molar-refractivity contribution in [1.29, 1.82) is 0 Å². The molecule has 0 bridgehead atoms. The van der Waals surface area contributed by atoms with Crippen LogP contribution in [0.15, 0.2) is 0 Å². The molecule has 0 heterocycles. The molecule has 2 atom stereocenters. The van der Waals surface area contributed by atoms with E-state index in [2.05, 4.69) is 26.1 Å². The second-order valence-electron chi connectivity index (χ2n) is 5.42. The summed E-state index contributed by atoms with van der Waals surface area (Å²) in [7, 11) is 0. The van der Waals surface area contributed by atoms with E-state index in [0.717, 1.165) is 0 Å². The van der Waals surface area contributed by atoms with Crippen molar-refractivity contribution in [2.24, 2.45) is 5.92 Å². The van der Waals surface area contributed by atoms with Crippen LogP contribution in [0.3, 0.4) is 0 Å². The molecule has 2 unspecified atom stereocenters. The third-order valence-electron chi connectivity index (χ3n) is 3.42. The molecular formula is C15H33NO3. The molecule has 0 saturated carbocycles. The first-order chi connectivity index (χ1) is 9.01. The normalized spacial score (nSPS) is 15.2. The van der Waals surface area contributed by atoms with Gasteiger partial charge in [-0.05, 0) is 26.7 Å². The molecule has 0 aliphatic carbocycles. The molecule has 0 aliphatic rings. The molecule has 4 heteroatoms. The fraction of sp³-hybridized carbons (Fsp3) is 1.00. The van der Waals surface area contributed by atoms with Crippen LogP contribution in [-0.2, 0) is 9.47 Å². The highest BCUT2D eigenvalue weighted by molar-refractivity contribution is 4.71. The van der Waals surface area contributed by atoms with Gasteiger partial charge in [0.2, 0.25) is 0 Å². The molecule has 0 aromatic heterocycles. The number of hydrogen-bond donors (Lipinski definition) is 2. The number of aliphatic hydroxyl groups is 1. The Hall–Kier alpha value is -0.160. The molecule has 0 rings (SSSR count). The lowest BCUT2D eigenvalue weighted by Gasteiger charge is -2.24. The lowest BCUT2D eigenvalue weighted by atomic mass is 9.95. The first-order valence-corrected chi connectivity index (χ1v) is 7.61. The Balaban J connectivity index is 3.55. The van der Waals surface area contributed by atoms with Crippen molar-refractivity contribution >= 4 is 0 Å². The van der Waals surface area contributed by atoms with Crippen LogP contribution in [0.4, 0.5) is 0 Å². The van der Waals surface area contributed by atoms with Crippen molar-refractivity contribution in [2.45, 2.75) is 65.7 Å². The van der Waals surface area contributed by atoms with Crippen LogP contribution in [-0.4, -0.2) is 49.7 Å². The molecule has 0 amide bonds. The molecule has 0 aliphatic heterocycles. The average molecular weight is 275 g/mol. The van der Waals surface area contributed by atoms with Gasteiger partial charge in [-0.15, -0.1) is 0 Å². The van der Waals surface area contributed by atoms with Crippen LogP contribution in [0.2, 0.25) is 0 Å². The standard InChI is InChI=1S/C15H33NO3/c1-6-14(7-2)13(5)16-10-15(17)11-18-8-9-19-12(3)4/h12-17H,6-11H2,1-5H3. The summed E-state index contributed by atoms with van der Waals surface area (Å²) in [5.41, 5.74) is 0. The zero-order valence-corrected chi connectivity index (χ0v) is 13.3. The van der Waals surface area contributed by atoms with Crippen LogP contribution < -0.4 is 5.32 Å². The van der Waals surface area contributed by atoms with E-state index >= 15 is 0 Å². The van der Waals surface area contributed by atoms with Gasteiger partial charge in [-0.25, -0.2) is 0 Å². The summed E-state index contributed by atoms with van der Waals surface area (Å²) in [5.74, 6) is 0.674. The summed E-state index contributed by atoms with van der Waals surface area (Å²) >= 11 is 0. The van der Waals surface area contributed by atoms with E-state index < -0.39 is 6.10 Å². The SMILES string of the molecule is CCC(CC)C(C)NCC(O)COCCOC(C)C. The molecule has 0 saturated heterocycles. The van der Waals surface area contributed by atoms with Crippen molar-refractivity contribution in [3.05, 3.63) is 0 Å². The summed E-state index contributed by atoms with van der Waals surface area (Å²) in [6.45, 7) is 12.7. The smallest absolute Gasteiger partial charge is 0.0897 e. The molecule has 2 N–H and O–H groups in total. The molecule has 0 aromatic carbocycles. The second-order valence-corrected chi connectivity index (χ2v) is 5.42. The molecule has 0 aromatic rings. The number of nitrogens with one attached hydrogen (secondary N) is 1. The number of ether oxygens (including phenoxy) is 2. The van der Waals surface area contributed by atoms with Gasteiger partial charge in [-0.1, -0.05) is 26.7 Å². The minimum absolute atomic E-state index is 0.232. The molecule has 116 valence electrons. The minimum Gasteiger partial charge on any atom is -0.389 e. The van der Waals surface area contributed by atoms with Gasteiger partial charge in [0.25, 0.3) is 0 Å². The van der Waals surface area contributed by atoms with Gasteiger partial charge >= 0.3 is 0 Å². The van der Waals surface area contributed by atoms with Crippen LogP contribution >= 0.6 is 0 Å². The van der Waals surface area contributed by atoms with Gasteiger partial charge in [0.1, 0.15) is 0 Å². The highest BCUT2D eigenvalue weighted by Gasteiger charge is 2.14. The maximum absolute atomic E-state index is 9.81. The van der Waals surface area contributed by atoms with E-state index in [0.29, 0.717) is 38.3 Å². The summed E-state index contributed by atoms with van der Waals surface area (Å²) in [4.78, 5) is 0. The largest absolute Gasteiger partial charge is 0.389 e. The van der Waals surface area contributed by atoms with E-state index in [9.17, 15) is 5.11 Å². The van der Waals surface area contributed by atoms with Gasteiger partial charge in [0.15, 0.2) is 0 Å². The molecule has 0 fully saturated rings. The van der Waals surface area contributed by atoms with Crippen molar-refractivity contribution in [3.8, 4) is 0 Å². The minimum atomic E-state index is -0.448. The lowest BCUT2D eigenvalue weighted by Crippen LogP contribution is -2.39. The first kappa shape index (κ1) is 18.8. The van der Waals surface area contributed by atoms with Gasteiger partial charge in [0, 0.05) is 12.6 Å². The van der Waals surface area contributed by atoms with Crippen molar-refractivity contribution in [3.63, 3.8) is 0 Å². The molecule has 4 nitrogen and oxygen atoms in total. The first-order valence-electron chi connectivity index (χ1n) is 7.61. The van der Waals surface area contributed by atoms with Crippen LogP contribution in [0, 0.1) is 5.92 Å². The Morgan fingerprint density at radius 1 is 1.05 bits per heavy atom. The Morgan fingerprint density at radius 2 is 1.68 bits per heavy atom. The highest BCUT2D eigenvalue weighted by Crippen LogP contribution is 2.12. The zero-order valence-electron chi connectivity index (χ0n) is 13.3. The summed E-state index contributed by atoms with van der Waals surface area (Å²) in [6.07, 6.45) is 2.13. The topological polar surface area (TPSA) is 50.7 Å². The lowest BCUT2D eigenvalue weighted by molar-refractivity contribution is -0.0107. The van der Waals surface area contributed by atoms with Crippen LogP contribution in [0.5, 0.6) is 0 Å².